The van der Waals surface area contributed by atoms with E-state index in [9.17, 15) is 28.0 Å². The first-order chi connectivity index (χ1) is 18.0. The maximum absolute atomic E-state index is 14.8. The fourth-order valence-corrected chi connectivity index (χ4v) is 6.82. The molecule has 2 bridgehead atoms. The predicted molar refractivity (Wildman–Crippen MR) is 137 cm³/mol. The van der Waals surface area contributed by atoms with Crippen LogP contribution in [0.5, 0.6) is 0 Å². The molecule has 5 rings (SSSR count). The number of carbonyl (C=O) groups excluding carboxylic acids is 4. The van der Waals surface area contributed by atoms with Crippen molar-refractivity contribution in [1.82, 2.24) is 20.5 Å². The second kappa shape index (κ2) is 9.96. The molecule has 3 amide bonds. The number of piperidine rings is 1. The fourth-order valence-electron chi connectivity index (χ4n) is 5.86. The van der Waals surface area contributed by atoms with Gasteiger partial charge in [0.1, 0.15) is 6.04 Å². The molecule has 0 radical (unpaired) electrons. The minimum absolute atomic E-state index is 0.00297. The highest BCUT2D eigenvalue weighted by Crippen LogP contribution is 2.52. The van der Waals surface area contributed by atoms with Crippen molar-refractivity contribution < 1.29 is 28.0 Å². The van der Waals surface area contributed by atoms with Crippen LogP contribution >= 0.6 is 11.3 Å². The van der Waals surface area contributed by atoms with E-state index >= 15 is 0 Å². The molecular formula is C26H31F2N5O4S. The van der Waals surface area contributed by atoms with Crippen molar-refractivity contribution >= 4 is 45.1 Å². The van der Waals surface area contributed by atoms with Crippen LogP contribution in [0.2, 0.25) is 0 Å². The molecule has 0 spiro atoms. The third-order valence-electron chi connectivity index (χ3n) is 8.00. The molecule has 3 fully saturated rings. The number of fused-ring (bicyclic) bond motifs is 3. The van der Waals surface area contributed by atoms with E-state index in [2.05, 4.69) is 15.6 Å². The van der Waals surface area contributed by atoms with Gasteiger partial charge in [-0.3, -0.25) is 19.2 Å². The van der Waals surface area contributed by atoms with Gasteiger partial charge in [-0.2, -0.15) is 0 Å². The van der Waals surface area contributed by atoms with Crippen LogP contribution in [-0.4, -0.2) is 70.0 Å². The van der Waals surface area contributed by atoms with Crippen molar-refractivity contribution in [3.63, 3.8) is 0 Å². The number of nitrogens with zero attached hydrogens (tertiary/aromatic N) is 2. The monoisotopic (exact) mass is 547 g/mol. The molecular weight excluding hydrogens is 516 g/mol. The van der Waals surface area contributed by atoms with E-state index in [-0.39, 0.29) is 29.7 Å². The van der Waals surface area contributed by atoms with Gasteiger partial charge in [0.2, 0.25) is 23.5 Å². The summed E-state index contributed by atoms with van der Waals surface area (Å²) in [5.74, 6) is -7.37. The van der Waals surface area contributed by atoms with Gasteiger partial charge in [0.15, 0.2) is 5.01 Å². The number of thiazole rings is 1. The standard InChI is InChI=1S/C26H31F2N5O4S/c1-12(2)19(29)25(37)33-14-10-15(26(27,28)11-14)20(33)23(36)31-17(9-13-7-8-30-22(13)35)21(34)24-32-16-5-3-4-6-18(16)38-24/h3-6,12-15,17,19-20H,7-11,29H2,1-2H3,(H,30,35)(H,31,36)/t13-,14-,15-,17-,19-,20-/m0/s1. The molecule has 1 aliphatic carbocycles. The summed E-state index contributed by atoms with van der Waals surface area (Å²) in [7, 11) is 0. The number of hydrogen-bond donors (Lipinski definition) is 3. The molecule has 2 aromatic rings. The number of Topliss-reactive ketones (excluding diaryl/α,β-unsaturated/α-hetero) is 1. The van der Waals surface area contributed by atoms with Gasteiger partial charge < -0.3 is 21.3 Å². The Bertz CT molecular complexity index is 1250. The maximum Gasteiger partial charge on any atom is 0.255 e. The number of alkyl halides is 2. The van der Waals surface area contributed by atoms with Crippen LogP contribution in [-0.2, 0) is 14.4 Å². The summed E-state index contributed by atoms with van der Waals surface area (Å²) in [6.45, 7) is 3.95. The average Bonchev–Trinajstić information content (AvgIpc) is 3.63. The third-order valence-corrected chi connectivity index (χ3v) is 9.05. The molecule has 3 heterocycles. The Morgan fingerprint density at radius 2 is 2.03 bits per heavy atom. The van der Waals surface area contributed by atoms with Gasteiger partial charge in [0, 0.05) is 24.9 Å². The molecule has 1 saturated carbocycles. The van der Waals surface area contributed by atoms with Gasteiger partial charge in [-0.05, 0) is 37.3 Å². The van der Waals surface area contributed by atoms with E-state index in [1.165, 1.54) is 4.90 Å². The Morgan fingerprint density at radius 3 is 2.68 bits per heavy atom. The summed E-state index contributed by atoms with van der Waals surface area (Å²) in [6, 6.07) is 2.83. The number of halogens is 2. The SMILES string of the molecule is CC(C)[C@H](N)C(=O)N1[C@H]2C[C@@H]([C@H]1C(=O)N[C@@H](C[C@@H]1CCNC1=O)C(=O)c1nc3ccccc3s1)C(F)(F)C2. The molecule has 2 aliphatic heterocycles. The topological polar surface area (TPSA) is 134 Å². The van der Waals surface area contributed by atoms with E-state index in [1.54, 1.807) is 26.0 Å². The smallest absolute Gasteiger partial charge is 0.255 e. The number of nitrogens with two attached hydrogens (primary N) is 1. The Kier molecular flexibility index (Phi) is 6.97. The number of benzene rings is 1. The quantitative estimate of drug-likeness (QED) is 0.434. The number of aromatic nitrogens is 1. The van der Waals surface area contributed by atoms with Crippen molar-refractivity contribution in [1.29, 1.82) is 0 Å². The molecule has 1 aromatic heterocycles. The normalized spacial score (nSPS) is 27.5. The first-order valence-corrected chi connectivity index (χ1v) is 13.7. The maximum atomic E-state index is 14.8. The van der Waals surface area contributed by atoms with Gasteiger partial charge in [-0.25, -0.2) is 13.8 Å². The number of ketones is 1. The molecule has 204 valence electrons. The van der Waals surface area contributed by atoms with Crippen LogP contribution in [0.1, 0.15) is 49.3 Å². The van der Waals surface area contributed by atoms with Crippen LogP contribution in [0.25, 0.3) is 10.2 Å². The zero-order valence-electron chi connectivity index (χ0n) is 21.2. The molecule has 2 saturated heterocycles. The number of amides is 3. The zero-order chi connectivity index (χ0) is 27.4. The highest BCUT2D eigenvalue weighted by Gasteiger charge is 2.65. The summed E-state index contributed by atoms with van der Waals surface area (Å²) in [5, 5.41) is 5.53. The van der Waals surface area contributed by atoms with Gasteiger partial charge in [-0.1, -0.05) is 26.0 Å². The molecule has 38 heavy (non-hydrogen) atoms. The van der Waals surface area contributed by atoms with Crippen molar-refractivity contribution in [3.8, 4) is 0 Å². The summed E-state index contributed by atoms with van der Waals surface area (Å²) >= 11 is 1.16. The summed E-state index contributed by atoms with van der Waals surface area (Å²) in [6.07, 6.45) is -0.0428. The van der Waals surface area contributed by atoms with Crippen LogP contribution in [0.3, 0.4) is 0 Å². The van der Waals surface area contributed by atoms with Crippen molar-refractivity contribution in [3.05, 3.63) is 29.3 Å². The van der Waals surface area contributed by atoms with Crippen molar-refractivity contribution in [2.24, 2.45) is 23.5 Å². The van der Waals surface area contributed by atoms with E-state index < -0.39 is 65.9 Å². The van der Waals surface area contributed by atoms with Crippen LogP contribution in [0, 0.1) is 17.8 Å². The largest absolute Gasteiger partial charge is 0.356 e. The van der Waals surface area contributed by atoms with Crippen LogP contribution < -0.4 is 16.4 Å². The number of nitrogens with one attached hydrogen (secondary N) is 2. The van der Waals surface area contributed by atoms with Crippen LogP contribution in [0.4, 0.5) is 8.78 Å². The van der Waals surface area contributed by atoms with Crippen molar-refractivity contribution in [2.45, 2.75) is 69.6 Å². The minimum Gasteiger partial charge on any atom is -0.356 e. The third kappa shape index (κ3) is 4.68. The molecule has 9 nitrogen and oxygen atoms in total. The molecule has 3 aliphatic rings. The molecule has 4 N–H and O–H groups in total. The summed E-state index contributed by atoms with van der Waals surface area (Å²) in [5.41, 5.74) is 6.69. The second-order valence-electron chi connectivity index (χ2n) is 10.8. The van der Waals surface area contributed by atoms with E-state index in [0.717, 1.165) is 16.0 Å². The Labute approximate surface area is 222 Å². The summed E-state index contributed by atoms with van der Waals surface area (Å²) < 4.78 is 30.4. The molecule has 1 aromatic carbocycles. The first kappa shape index (κ1) is 26.6. The van der Waals surface area contributed by atoms with Crippen molar-refractivity contribution in [2.75, 3.05) is 6.54 Å². The predicted octanol–water partition coefficient (Wildman–Crippen LogP) is 2.10. The van der Waals surface area contributed by atoms with Gasteiger partial charge in [0.25, 0.3) is 5.92 Å². The minimum atomic E-state index is -3.12. The molecule has 12 heteroatoms. The summed E-state index contributed by atoms with van der Waals surface area (Å²) in [4.78, 5) is 58.4. The molecule has 6 atom stereocenters. The zero-order valence-corrected chi connectivity index (χ0v) is 22.0. The second-order valence-corrected chi connectivity index (χ2v) is 11.9. The number of para-hydroxylation sites is 1. The molecule has 0 unspecified atom stereocenters. The number of rotatable bonds is 8. The number of hydrogen-bond acceptors (Lipinski definition) is 7. The Hall–Kier alpha value is -2.99. The van der Waals surface area contributed by atoms with Gasteiger partial charge in [0.05, 0.1) is 28.2 Å². The highest BCUT2D eigenvalue weighted by molar-refractivity contribution is 7.20. The lowest BCUT2D eigenvalue weighted by molar-refractivity contribution is -0.156. The lowest BCUT2D eigenvalue weighted by Crippen LogP contribution is -2.62. The van der Waals surface area contributed by atoms with Gasteiger partial charge in [-0.15, -0.1) is 11.3 Å². The van der Waals surface area contributed by atoms with Crippen LogP contribution in [0.15, 0.2) is 24.3 Å². The first-order valence-electron chi connectivity index (χ1n) is 12.9. The number of likely N-dealkylation sites (tertiary alicyclic amines) is 1. The Morgan fingerprint density at radius 1 is 1.29 bits per heavy atom. The van der Waals surface area contributed by atoms with E-state index in [4.69, 9.17) is 5.73 Å². The Balaban J connectivity index is 1.44. The number of carbonyl (C=O) groups is 4. The van der Waals surface area contributed by atoms with Gasteiger partial charge >= 0.3 is 0 Å². The highest BCUT2D eigenvalue weighted by atomic mass is 32.1. The van der Waals surface area contributed by atoms with E-state index in [0.29, 0.717) is 18.5 Å². The van der Waals surface area contributed by atoms with E-state index in [1.807, 2.05) is 12.1 Å². The lowest BCUT2D eigenvalue weighted by atomic mass is 9.91. The fraction of sp³-hybridized carbons (Fsp3) is 0.577. The average molecular weight is 548 g/mol. The lowest BCUT2D eigenvalue weighted by Gasteiger charge is -2.40.